The molecule has 0 fully saturated rings. The second kappa shape index (κ2) is 12.4. The maximum Gasteiger partial charge on any atom is 0.255 e. The molecule has 188 valence electrons. The number of hydrogen-bond donors (Lipinski definition) is 1. The molecule has 9 heteroatoms. The van der Waals surface area contributed by atoms with E-state index < -0.39 is 22.5 Å². The molecule has 7 nitrogen and oxygen atoms in total. The highest BCUT2D eigenvalue weighted by atomic mass is 79.9. The van der Waals surface area contributed by atoms with E-state index in [1.54, 1.807) is 18.2 Å². The highest BCUT2D eigenvalue weighted by Gasteiger charge is 2.27. The Hall–Kier alpha value is -3.79. The molecule has 0 atom stereocenters. The molecule has 0 heterocycles. The summed E-state index contributed by atoms with van der Waals surface area (Å²) in [5.41, 5.74) is 3.89. The van der Waals surface area contributed by atoms with E-state index in [1.807, 2.05) is 78.9 Å². The van der Waals surface area contributed by atoms with Crippen molar-refractivity contribution in [2.24, 2.45) is 5.10 Å². The molecule has 0 aliphatic rings. The van der Waals surface area contributed by atoms with Gasteiger partial charge < -0.3 is 4.74 Å². The SMILES string of the molecule is O=C(CN(Cc1ccccc1)S(=O)(=O)c1ccc(Br)cc1)N/N=C\c1cccc(Oc2ccccc2)c1. The molecular formula is C28H24BrN3O4S. The molecular weight excluding hydrogens is 554 g/mol. The summed E-state index contributed by atoms with van der Waals surface area (Å²) in [5, 5.41) is 4.01. The van der Waals surface area contributed by atoms with Crippen LogP contribution in [0.3, 0.4) is 0 Å². The van der Waals surface area contributed by atoms with Gasteiger partial charge in [0.15, 0.2) is 0 Å². The number of carbonyl (C=O) groups is 1. The molecule has 0 saturated carbocycles. The van der Waals surface area contributed by atoms with Gasteiger partial charge in [-0.1, -0.05) is 76.6 Å². The van der Waals surface area contributed by atoms with Crippen molar-refractivity contribution >= 4 is 38.1 Å². The van der Waals surface area contributed by atoms with E-state index in [0.717, 1.165) is 14.3 Å². The van der Waals surface area contributed by atoms with Gasteiger partial charge in [0.05, 0.1) is 17.7 Å². The van der Waals surface area contributed by atoms with Crippen molar-refractivity contribution in [1.29, 1.82) is 0 Å². The van der Waals surface area contributed by atoms with Gasteiger partial charge in [0.2, 0.25) is 10.0 Å². The minimum absolute atomic E-state index is 0.0369. The van der Waals surface area contributed by atoms with E-state index in [1.165, 1.54) is 18.3 Å². The van der Waals surface area contributed by atoms with Gasteiger partial charge in [0, 0.05) is 11.0 Å². The lowest BCUT2D eigenvalue weighted by Gasteiger charge is -2.21. The van der Waals surface area contributed by atoms with Gasteiger partial charge in [-0.15, -0.1) is 0 Å². The second-order valence-electron chi connectivity index (χ2n) is 7.99. The van der Waals surface area contributed by atoms with Crippen LogP contribution in [0.2, 0.25) is 0 Å². The summed E-state index contributed by atoms with van der Waals surface area (Å²) in [6.07, 6.45) is 1.47. The number of hydrazone groups is 1. The van der Waals surface area contributed by atoms with E-state index in [-0.39, 0.29) is 11.4 Å². The zero-order valence-electron chi connectivity index (χ0n) is 19.7. The monoisotopic (exact) mass is 577 g/mol. The summed E-state index contributed by atoms with van der Waals surface area (Å²) in [4.78, 5) is 12.8. The maximum atomic E-state index is 13.3. The first kappa shape index (κ1) is 26.3. The van der Waals surface area contributed by atoms with Crippen LogP contribution in [0.1, 0.15) is 11.1 Å². The first-order chi connectivity index (χ1) is 17.9. The predicted molar refractivity (Wildman–Crippen MR) is 147 cm³/mol. The van der Waals surface area contributed by atoms with Crippen LogP contribution in [0.15, 0.2) is 124 Å². The Morgan fingerprint density at radius 1 is 0.865 bits per heavy atom. The standard InChI is InChI=1S/C28H24BrN3O4S/c29-24-14-16-27(17-15-24)37(34,35)32(20-22-8-3-1-4-9-22)21-28(33)31-30-19-23-10-7-13-26(18-23)36-25-11-5-2-6-12-25/h1-19H,20-21H2,(H,31,33)/b30-19-. The number of rotatable bonds is 10. The first-order valence-corrected chi connectivity index (χ1v) is 13.6. The van der Waals surface area contributed by atoms with Crippen LogP contribution < -0.4 is 10.2 Å². The lowest BCUT2D eigenvalue weighted by molar-refractivity contribution is -0.121. The number of sulfonamides is 1. The van der Waals surface area contributed by atoms with Crippen molar-refractivity contribution in [3.05, 3.63) is 125 Å². The van der Waals surface area contributed by atoms with Crippen molar-refractivity contribution in [1.82, 2.24) is 9.73 Å². The molecule has 4 aromatic rings. The van der Waals surface area contributed by atoms with Gasteiger partial charge in [0.25, 0.3) is 5.91 Å². The Morgan fingerprint density at radius 2 is 1.51 bits per heavy atom. The van der Waals surface area contributed by atoms with Crippen LogP contribution in [-0.4, -0.2) is 31.4 Å². The van der Waals surface area contributed by atoms with E-state index in [9.17, 15) is 13.2 Å². The predicted octanol–water partition coefficient (Wildman–Crippen LogP) is 5.58. The van der Waals surface area contributed by atoms with Crippen LogP contribution in [0, 0.1) is 0 Å². The molecule has 0 aliphatic carbocycles. The minimum atomic E-state index is -3.94. The Labute approximate surface area is 224 Å². The minimum Gasteiger partial charge on any atom is -0.457 e. The number of benzene rings is 4. The number of para-hydroxylation sites is 1. The number of nitrogens with one attached hydrogen (secondary N) is 1. The number of hydrogen-bond acceptors (Lipinski definition) is 5. The quantitative estimate of drug-likeness (QED) is 0.197. The van der Waals surface area contributed by atoms with Crippen LogP contribution in [0.25, 0.3) is 0 Å². The summed E-state index contributed by atoms with van der Waals surface area (Å²) < 4.78 is 34.4. The third kappa shape index (κ3) is 7.60. The molecule has 0 unspecified atom stereocenters. The van der Waals surface area contributed by atoms with Crippen LogP contribution in [0.5, 0.6) is 11.5 Å². The van der Waals surface area contributed by atoms with Gasteiger partial charge in [-0.3, -0.25) is 4.79 Å². The van der Waals surface area contributed by atoms with Crippen LogP contribution >= 0.6 is 15.9 Å². The zero-order chi connectivity index (χ0) is 26.1. The fourth-order valence-corrected chi connectivity index (χ4v) is 5.07. The number of halogens is 1. The Balaban J connectivity index is 1.44. The van der Waals surface area contributed by atoms with Gasteiger partial charge in [-0.05, 0) is 59.7 Å². The highest BCUT2D eigenvalue weighted by molar-refractivity contribution is 9.10. The van der Waals surface area contributed by atoms with Gasteiger partial charge in [0.1, 0.15) is 11.5 Å². The smallest absolute Gasteiger partial charge is 0.255 e. The Bertz CT molecular complexity index is 1460. The lowest BCUT2D eigenvalue weighted by atomic mass is 10.2. The van der Waals surface area contributed by atoms with Crippen molar-refractivity contribution in [2.45, 2.75) is 11.4 Å². The summed E-state index contributed by atoms with van der Waals surface area (Å²) in [6.45, 7) is -0.364. The summed E-state index contributed by atoms with van der Waals surface area (Å²) in [6, 6.07) is 32.0. The van der Waals surface area contributed by atoms with Crippen molar-refractivity contribution in [3.8, 4) is 11.5 Å². The number of carbonyl (C=O) groups excluding carboxylic acids is 1. The van der Waals surface area contributed by atoms with Gasteiger partial charge in [-0.25, -0.2) is 13.8 Å². The third-order valence-electron chi connectivity index (χ3n) is 5.21. The zero-order valence-corrected chi connectivity index (χ0v) is 22.1. The molecule has 0 radical (unpaired) electrons. The average Bonchev–Trinajstić information content (AvgIpc) is 2.90. The third-order valence-corrected chi connectivity index (χ3v) is 7.55. The molecule has 0 spiro atoms. The molecule has 0 aliphatic heterocycles. The number of amides is 1. The summed E-state index contributed by atoms with van der Waals surface area (Å²) in [7, 11) is -3.94. The Kier molecular flexibility index (Phi) is 8.84. The van der Waals surface area contributed by atoms with Crippen molar-refractivity contribution < 1.29 is 17.9 Å². The normalized spacial score (nSPS) is 11.5. The van der Waals surface area contributed by atoms with Crippen molar-refractivity contribution in [3.63, 3.8) is 0 Å². The summed E-state index contributed by atoms with van der Waals surface area (Å²) in [5.74, 6) is 0.760. The lowest BCUT2D eigenvalue weighted by Crippen LogP contribution is -2.39. The largest absolute Gasteiger partial charge is 0.457 e. The van der Waals surface area contributed by atoms with Gasteiger partial charge >= 0.3 is 0 Å². The average molecular weight is 578 g/mol. The molecule has 37 heavy (non-hydrogen) atoms. The topological polar surface area (TPSA) is 88.1 Å². The molecule has 1 N–H and O–H groups in total. The molecule has 4 rings (SSSR count). The molecule has 1 amide bonds. The van der Waals surface area contributed by atoms with E-state index in [4.69, 9.17) is 4.74 Å². The summed E-state index contributed by atoms with van der Waals surface area (Å²) >= 11 is 3.32. The molecule has 0 bridgehead atoms. The van der Waals surface area contributed by atoms with E-state index in [0.29, 0.717) is 17.1 Å². The number of nitrogens with zero attached hydrogens (tertiary/aromatic N) is 2. The highest BCUT2D eigenvalue weighted by Crippen LogP contribution is 2.22. The van der Waals surface area contributed by atoms with Crippen LogP contribution in [-0.2, 0) is 21.4 Å². The fourth-order valence-electron chi connectivity index (χ4n) is 3.43. The van der Waals surface area contributed by atoms with Gasteiger partial charge in [-0.2, -0.15) is 9.41 Å². The van der Waals surface area contributed by atoms with E-state index >= 15 is 0 Å². The molecule has 0 saturated heterocycles. The maximum absolute atomic E-state index is 13.3. The first-order valence-electron chi connectivity index (χ1n) is 11.3. The number of ether oxygens (including phenoxy) is 1. The second-order valence-corrected chi connectivity index (χ2v) is 10.8. The van der Waals surface area contributed by atoms with Crippen molar-refractivity contribution in [2.75, 3.05) is 6.54 Å². The fraction of sp³-hybridized carbons (Fsp3) is 0.0714. The Morgan fingerprint density at radius 3 is 2.22 bits per heavy atom. The molecule has 0 aromatic heterocycles. The molecule has 4 aromatic carbocycles. The van der Waals surface area contributed by atoms with E-state index in [2.05, 4.69) is 26.5 Å². The van der Waals surface area contributed by atoms with Crippen LogP contribution in [0.4, 0.5) is 0 Å².